The van der Waals surface area contributed by atoms with Gasteiger partial charge in [0.25, 0.3) is 0 Å². The Balaban J connectivity index is 1.42. The van der Waals surface area contributed by atoms with Gasteiger partial charge in [0.15, 0.2) is 0 Å². The van der Waals surface area contributed by atoms with E-state index in [1.54, 1.807) is 0 Å². The van der Waals surface area contributed by atoms with E-state index in [0.717, 1.165) is 38.3 Å². The van der Waals surface area contributed by atoms with Crippen molar-refractivity contribution in [2.24, 2.45) is 11.8 Å². The molecule has 4 unspecified atom stereocenters. The van der Waals surface area contributed by atoms with E-state index in [2.05, 4.69) is 13.8 Å². The maximum Gasteiger partial charge on any atom is 0.0625 e. The van der Waals surface area contributed by atoms with Gasteiger partial charge in [0.1, 0.15) is 0 Å². The summed E-state index contributed by atoms with van der Waals surface area (Å²) in [5.41, 5.74) is 0. The van der Waals surface area contributed by atoms with E-state index in [9.17, 15) is 0 Å². The van der Waals surface area contributed by atoms with E-state index in [4.69, 9.17) is 14.2 Å². The quantitative estimate of drug-likeness (QED) is 0.506. The molecule has 4 atom stereocenters. The fraction of sp³-hybridized carbons (Fsp3) is 1.00. The van der Waals surface area contributed by atoms with Gasteiger partial charge in [-0.25, -0.2) is 0 Å². The maximum atomic E-state index is 5.80. The maximum absolute atomic E-state index is 5.80. The lowest BCUT2D eigenvalue weighted by molar-refractivity contribution is -0.0895. The molecule has 2 aliphatic heterocycles. The van der Waals surface area contributed by atoms with Crippen LogP contribution in [-0.2, 0) is 14.2 Å². The Kier molecular flexibility index (Phi) is 8.05. The summed E-state index contributed by atoms with van der Waals surface area (Å²) in [5, 5.41) is 0. The Bertz CT molecular complexity index is 235. The van der Waals surface area contributed by atoms with E-state index in [-0.39, 0.29) is 0 Å². The van der Waals surface area contributed by atoms with E-state index in [1.165, 1.54) is 51.4 Å². The molecule has 0 N–H and O–H groups in total. The van der Waals surface area contributed by atoms with E-state index < -0.39 is 0 Å². The zero-order chi connectivity index (χ0) is 14.9. The second kappa shape index (κ2) is 9.81. The number of ether oxygens (including phenoxy) is 3. The minimum atomic E-state index is 0.544. The third kappa shape index (κ3) is 5.54. The summed E-state index contributed by atoms with van der Waals surface area (Å²) in [4.78, 5) is 0. The highest BCUT2D eigenvalue weighted by Gasteiger charge is 2.27. The molecule has 2 rings (SSSR count). The molecule has 0 aromatic rings. The van der Waals surface area contributed by atoms with Crippen LogP contribution in [0.15, 0.2) is 0 Å². The molecule has 0 aromatic heterocycles. The zero-order valence-corrected chi connectivity index (χ0v) is 14.0. The van der Waals surface area contributed by atoms with Crippen LogP contribution in [0.5, 0.6) is 0 Å². The highest BCUT2D eigenvalue weighted by atomic mass is 16.5. The van der Waals surface area contributed by atoms with Gasteiger partial charge in [-0.15, -0.1) is 0 Å². The third-order valence-corrected chi connectivity index (χ3v) is 5.30. The summed E-state index contributed by atoms with van der Waals surface area (Å²) in [6, 6.07) is 0. The Hall–Kier alpha value is -0.120. The molecule has 2 aliphatic rings. The van der Waals surface area contributed by atoms with E-state index in [1.807, 2.05) is 0 Å². The third-order valence-electron chi connectivity index (χ3n) is 5.30. The van der Waals surface area contributed by atoms with Crippen LogP contribution in [0, 0.1) is 11.8 Å². The van der Waals surface area contributed by atoms with Crippen LogP contribution in [0.25, 0.3) is 0 Å². The molecule has 2 fully saturated rings. The number of rotatable bonds is 12. The number of hydrogen-bond donors (Lipinski definition) is 0. The Morgan fingerprint density at radius 3 is 1.57 bits per heavy atom. The van der Waals surface area contributed by atoms with Crippen LogP contribution in [0.1, 0.15) is 65.2 Å². The first kappa shape index (κ1) is 17.2. The Labute approximate surface area is 130 Å². The van der Waals surface area contributed by atoms with Gasteiger partial charge in [0.05, 0.1) is 12.2 Å². The van der Waals surface area contributed by atoms with Crippen molar-refractivity contribution >= 4 is 0 Å². The minimum Gasteiger partial charge on any atom is -0.381 e. The normalized spacial score (nSPS) is 27.7. The van der Waals surface area contributed by atoms with Crippen LogP contribution in [0.4, 0.5) is 0 Å². The molecule has 0 saturated carbocycles. The van der Waals surface area contributed by atoms with Crippen molar-refractivity contribution in [3.05, 3.63) is 0 Å². The lowest BCUT2D eigenvalue weighted by Crippen LogP contribution is -2.34. The lowest BCUT2D eigenvalue weighted by Gasteiger charge is -2.34. The van der Waals surface area contributed by atoms with Gasteiger partial charge in [-0.2, -0.15) is 0 Å². The average Bonchev–Trinajstić information content (AvgIpc) is 2.39. The van der Waals surface area contributed by atoms with Crippen LogP contribution < -0.4 is 0 Å². The predicted molar refractivity (Wildman–Crippen MR) is 85.6 cm³/mol. The van der Waals surface area contributed by atoms with Gasteiger partial charge in [-0.05, 0) is 50.4 Å². The average molecular weight is 298 g/mol. The minimum absolute atomic E-state index is 0.544. The summed E-state index contributed by atoms with van der Waals surface area (Å²) in [6.07, 6.45) is 11.0. The first-order valence-corrected chi connectivity index (χ1v) is 9.16. The van der Waals surface area contributed by atoms with Crippen molar-refractivity contribution < 1.29 is 14.2 Å². The molecule has 0 amide bonds. The van der Waals surface area contributed by atoms with Gasteiger partial charge in [0.2, 0.25) is 0 Å². The van der Waals surface area contributed by atoms with Crippen LogP contribution in [0.3, 0.4) is 0 Å². The Morgan fingerprint density at radius 1 is 0.857 bits per heavy atom. The molecule has 2 saturated heterocycles. The Morgan fingerprint density at radius 2 is 1.29 bits per heavy atom. The van der Waals surface area contributed by atoms with Crippen LogP contribution in [-0.4, -0.2) is 38.6 Å². The second-order valence-corrected chi connectivity index (χ2v) is 6.63. The molecule has 0 spiro atoms. The van der Waals surface area contributed by atoms with Crippen molar-refractivity contribution in [2.75, 3.05) is 26.4 Å². The van der Waals surface area contributed by atoms with Gasteiger partial charge in [0, 0.05) is 26.4 Å². The highest BCUT2D eigenvalue weighted by molar-refractivity contribution is 4.76. The van der Waals surface area contributed by atoms with Crippen molar-refractivity contribution in [2.45, 2.75) is 77.4 Å². The van der Waals surface area contributed by atoms with Crippen molar-refractivity contribution in [3.63, 3.8) is 0 Å². The molecule has 0 aliphatic carbocycles. The summed E-state index contributed by atoms with van der Waals surface area (Å²) in [6.45, 7) is 8.34. The van der Waals surface area contributed by atoms with E-state index >= 15 is 0 Å². The van der Waals surface area contributed by atoms with Crippen molar-refractivity contribution in [3.8, 4) is 0 Å². The molecule has 2 heterocycles. The first-order valence-electron chi connectivity index (χ1n) is 9.16. The molecule has 0 bridgehead atoms. The molecule has 0 radical (unpaired) electrons. The molecule has 3 nitrogen and oxygen atoms in total. The lowest BCUT2D eigenvalue weighted by atomic mass is 9.90. The molecule has 21 heavy (non-hydrogen) atoms. The SMILES string of the molecule is CCC(CCCOCCCC(CC)C1CCO1)C1CCO1. The van der Waals surface area contributed by atoms with E-state index in [0.29, 0.717) is 12.2 Å². The van der Waals surface area contributed by atoms with Gasteiger partial charge < -0.3 is 14.2 Å². The van der Waals surface area contributed by atoms with Crippen molar-refractivity contribution in [1.82, 2.24) is 0 Å². The summed E-state index contributed by atoms with van der Waals surface area (Å²) in [7, 11) is 0. The second-order valence-electron chi connectivity index (χ2n) is 6.63. The van der Waals surface area contributed by atoms with Crippen molar-refractivity contribution in [1.29, 1.82) is 0 Å². The summed E-state index contributed by atoms with van der Waals surface area (Å²) in [5.74, 6) is 1.50. The monoisotopic (exact) mass is 298 g/mol. The molecule has 124 valence electrons. The molecular weight excluding hydrogens is 264 g/mol. The molecule has 3 heteroatoms. The van der Waals surface area contributed by atoms with Gasteiger partial charge in [-0.1, -0.05) is 26.7 Å². The largest absolute Gasteiger partial charge is 0.381 e. The first-order chi connectivity index (χ1) is 10.3. The topological polar surface area (TPSA) is 27.7 Å². The standard InChI is InChI=1S/C18H34O3/c1-3-15(17-9-13-20-17)7-5-11-19-12-6-8-16(4-2)18-10-14-21-18/h15-18H,3-14H2,1-2H3. The van der Waals surface area contributed by atoms with Gasteiger partial charge in [-0.3, -0.25) is 0 Å². The predicted octanol–water partition coefficient (Wildman–Crippen LogP) is 4.19. The fourth-order valence-electron chi connectivity index (χ4n) is 3.55. The fourth-order valence-corrected chi connectivity index (χ4v) is 3.55. The molecular formula is C18H34O3. The number of hydrogen-bond acceptors (Lipinski definition) is 3. The summed E-state index contributed by atoms with van der Waals surface area (Å²) < 4.78 is 17.0. The van der Waals surface area contributed by atoms with Gasteiger partial charge >= 0.3 is 0 Å². The molecule has 0 aromatic carbocycles. The van der Waals surface area contributed by atoms with Crippen LogP contribution in [0.2, 0.25) is 0 Å². The summed E-state index contributed by atoms with van der Waals surface area (Å²) >= 11 is 0. The zero-order valence-electron chi connectivity index (χ0n) is 14.0. The van der Waals surface area contributed by atoms with Crippen LogP contribution >= 0.6 is 0 Å². The smallest absolute Gasteiger partial charge is 0.0625 e. The highest BCUT2D eigenvalue weighted by Crippen LogP contribution is 2.27.